The van der Waals surface area contributed by atoms with Gasteiger partial charge in [0.2, 0.25) is 10.0 Å². The Morgan fingerprint density at radius 1 is 1.15 bits per heavy atom. The van der Waals surface area contributed by atoms with Crippen molar-refractivity contribution in [2.75, 3.05) is 12.8 Å². The predicted molar refractivity (Wildman–Crippen MR) is 94.8 cm³/mol. The lowest BCUT2D eigenvalue weighted by Crippen LogP contribution is -2.37. The number of alkyl halides is 3. The Morgan fingerprint density at radius 2 is 1.81 bits per heavy atom. The Kier molecular flexibility index (Phi) is 4.79. The summed E-state index contributed by atoms with van der Waals surface area (Å²) in [6, 6.07) is 1.91. The molecule has 3 heterocycles. The Morgan fingerprint density at radius 3 is 2.37 bits per heavy atom. The molecule has 0 amide bonds. The van der Waals surface area contributed by atoms with Crippen LogP contribution in [0.4, 0.5) is 13.2 Å². The van der Waals surface area contributed by atoms with E-state index in [0.29, 0.717) is 24.4 Å². The van der Waals surface area contributed by atoms with Crippen molar-refractivity contribution in [3.63, 3.8) is 0 Å². The summed E-state index contributed by atoms with van der Waals surface area (Å²) in [5.41, 5.74) is -0.814. The van der Waals surface area contributed by atoms with Gasteiger partial charge in [0.1, 0.15) is 5.69 Å². The maximum atomic E-state index is 13.6. The standard InChI is InChI=1S/C17H23F3N4O2S/c1-16(2,3)13-10-14(17(18,19)20)24-15(21-13)9-11(22-24)12-7-5-6-8-23(12)27(4,25)26/h9-10,12H,5-8H2,1-4H3/t12-/m1/s1. The highest BCUT2D eigenvalue weighted by atomic mass is 32.2. The molecular formula is C17H23F3N4O2S. The average Bonchev–Trinajstić information content (AvgIpc) is 2.95. The minimum absolute atomic E-state index is 0.0729. The first-order chi connectivity index (χ1) is 12.3. The van der Waals surface area contributed by atoms with Crippen molar-refractivity contribution in [3.8, 4) is 0 Å². The second-order valence-corrected chi connectivity index (χ2v) is 9.93. The van der Waals surface area contributed by atoms with Crippen molar-refractivity contribution in [1.29, 1.82) is 0 Å². The second kappa shape index (κ2) is 6.44. The van der Waals surface area contributed by atoms with E-state index in [-0.39, 0.29) is 5.65 Å². The molecule has 0 aromatic carbocycles. The molecule has 150 valence electrons. The molecule has 0 N–H and O–H groups in total. The third-order valence-electron chi connectivity index (χ3n) is 4.73. The van der Waals surface area contributed by atoms with Gasteiger partial charge in [-0.1, -0.05) is 27.2 Å². The van der Waals surface area contributed by atoms with Crippen LogP contribution in [0.2, 0.25) is 0 Å². The predicted octanol–water partition coefficient (Wildman–Crippen LogP) is 3.53. The number of aromatic nitrogens is 3. The van der Waals surface area contributed by atoms with E-state index in [0.717, 1.165) is 29.7 Å². The normalized spacial score (nSPS) is 20.3. The average molecular weight is 404 g/mol. The molecule has 2 aromatic heterocycles. The number of rotatable bonds is 2. The van der Waals surface area contributed by atoms with E-state index in [4.69, 9.17) is 0 Å². The number of piperidine rings is 1. The van der Waals surface area contributed by atoms with Gasteiger partial charge in [-0.2, -0.15) is 22.6 Å². The Hall–Kier alpha value is -1.68. The zero-order valence-electron chi connectivity index (χ0n) is 15.7. The van der Waals surface area contributed by atoms with Gasteiger partial charge in [-0.15, -0.1) is 0 Å². The first kappa shape index (κ1) is 20.1. The van der Waals surface area contributed by atoms with Gasteiger partial charge in [-0.3, -0.25) is 0 Å². The fourth-order valence-electron chi connectivity index (χ4n) is 3.34. The lowest BCUT2D eigenvalue weighted by molar-refractivity contribution is -0.142. The number of halogens is 3. The highest BCUT2D eigenvalue weighted by molar-refractivity contribution is 7.88. The maximum Gasteiger partial charge on any atom is 0.433 e. The third kappa shape index (κ3) is 3.96. The van der Waals surface area contributed by atoms with Gasteiger partial charge in [0.05, 0.1) is 23.7 Å². The first-order valence-electron chi connectivity index (χ1n) is 8.74. The van der Waals surface area contributed by atoms with Crippen LogP contribution < -0.4 is 0 Å². The monoisotopic (exact) mass is 404 g/mol. The van der Waals surface area contributed by atoms with Gasteiger partial charge in [0.15, 0.2) is 5.65 Å². The quantitative estimate of drug-likeness (QED) is 0.768. The van der Waals surface area contributed by atoms with E-state index < -0.39 is 33.4 Å². The molecule has 1 aliphatic heterocycles. The Bertz CT molecular complexity index is 961. The largest absolute Gasteiger partial charge is 0.433 e. The molecule has 27 heavy (non-hydrogen) atoms. The summed E-state index contributed by atoms with van der Waals surface area (Å²) in [5.74, 6) is 0. The topological polar surface area (TPSA) is 67.6 Å². The number of hydrogen-bond donors (Lipinski definition) is 0. The Labute approximate surface area is 156 Å². The summed E-state index contributed by atoms with van der Waals surface area (Å²) < 4.78 is 67.1. The maximum absolute atomic E-state index is 13.6. The van der Waals surface area contributed by atoms with Crippen LogP contribution in [0.5, 0.6) is 0 Å². The smallest absolute Gasteiger partial charge is 0.233 e. The fourth-order valence-corrected chi connectivity index (χ4v) is 4.48. The van der Waals surface area contributed by atoms with Gasteiger partial charge < -0.3 is 0 Å². The summed E-state index contributed by atoms with van der Waals surface area (Å²) in [6.45, 7) is 5.70. The number of nitrogens with zero attached hydrogens (tertiary/aromatic N) is 4. The van der Waals surface area contributed by atoms with E-state index in [1.165, 1.54) is 10.4 Å². The van der Waals surface area contributed by atoms with Crippen LogP contribution in [0, 0.1) is 0 Å². The molecule has 1 aliphatic rings. The number of sulfonamides is 1. The van der Waals surface area contributed by atoms with E-state index in [9.17, 15) is 21.6 Å². The molecule has 1 atom stereocenters. The summed E-state index contributed by atoms with van der Waals surface area (Å²) in [6.07, 6.45) is -1.47. The lowest BCUT2D eigenvalue weighted by Gasteiger charge is -2.32. The van der Waals surface area contributed by atoms with Gasteiger partial charge >= 0.3 is 6.18 Å². The van der Waals surface area contributed by atoms with Crippen molar-refractivity contribution < 1.29 is 21.6 Å². The van der Waals surface area contributed by atoms with Crippen LogP contribution >= 0.6 is 0 Å². The van der Waals surface area contributed by atoms with E-state index in [1.54, 1.807) is 20.8 Å². The molecule has 1 fully saturated rings. The SMILES string of the molecule is CC(C)(C)c1cc(C(F)(F)F)n2nc([C@H]3CCCCN3S(C)(=O)=O)cc2n1. The molecule has 3 rings (SSSR count). The van der Waals surface area contributed by atoms with Gasteiger partial charge in [-0.25, -0.2) is 17.9 Å². The highest BCUT2D eigenvalue weighted by Crippen LogP contribution is 2.36. The van der Waals surface area contributed by atoms with Crippen LogP contribution in [0.15, 0.2) is 12.1 Å². The fraction of sp³-hybridized carbons (Fsp3) is 0.647. The van der Waals surface area contributed by atoms with Crippen molar-refractivity contribution in [2.45, 2.75) is 57.7 Å². The van der Waals surface area contributed by atoms with Crippen LogP contribution in [0.3, 0.4) is 0 Å². The molecule has 0 spiro atoms. The molecule has 1 saturated heterocycles. The van der Waals surface area contributed by atoms with E-state index in [2.05, 4.69) is 10.1 Å². The molecule has 0 radical (unpaired) electrons. The first-order valence-corrected chi connectivity index (χ1v) is 10.6. The Balaban J connectivity index is 2.19. The van der Waals surface area contributed by atoms with Crippen LogP contribution in [0.1, 0.15) is 63.2 Å². The summed E-state index contributed by atoms with van der Waals surface area (Å²) in [5, 5.41) is 4.12. The molecule has 2 aromatic rings. The molecule has 0 saturated carbocycles. The molecule has 0 bridgehead atoms. The molecule has 6 nitrogen and oxygen atoms in total. The molecule has 0 aliphatic carbocycles. The van der Waals surface area contributed by atoms with Crippen LogP contribution in [-0.2, 0) is 21.6 Å². The van der Waals surface area contributed by atoms with Crippen molar-refractivity contribution in [2.24, 2.45) is 0 Å². The molecular weight excluding hydrogens is 381 g/mol. The molecule has 0 unspecified atom stereocenters. The van der Waals surface area contributed by atoms with Crippen molar-refractivity contribution >= 4 is 15.7 Å². The lowest BCUT2D eigenvalue weighted by atomic mass is 9.91. The minimum Gasteiger partial charge on any atom is -0.233 e. The minimum atomic E-state index is -4.60. The summed E-state index contributed by atoms with van der Waals surface area (Å²) >= 11 is 0. The molecule has 10 heteroatoms. The van der Waals surface area contributed by atoms with Gasteiger partial charge in [0, 0.05) is 18.0 Å². The van der Waals surface area contributed by atoms with Gasteiger partial charge in [0.25, 0.3) is 0 Å². The van der Waals surface area contributed by atoms with Crippen LogP contribution in [-0.4, -0.2) is 40.1 Å². The van der Waals surface area contributed by atoms with Gasteiger partial charge in [-0.05, 0) is 18.9 Å². The highest BCUT2D eigenvalue weighted by Gasteiger charge is 2.38. The zero-order chi connectivity index (χ0) is 20.2. The second-order valence-electron chi connectivity index (χ2n) is 8.00. The zero-order valence-corrected chi connectivity index (χ0v) is 16.5. The van der Waals surface area contributed by atoms with Crippen LogP contribution in [0.25, 0.3) is 5.65 Å². The van der Waals surface area contributed by atoms with Crippen molar-refractivity contribution in [1.82, 2.24) is 18.9 Å². The summed E-state index contributed by atoms with van der Waals surface area (Å²) in [4.78, 5) is 4.36. The number of hydrogen-bond acceptors (Lipinski definition) is 4. The van der Waals surface area contributed by atoms with Crippen molar-refractivity contribution in [3.05, 3.63) is 29.2 Å². The number of fused-ring (bicyclic) bond motifs is 1. The summed E-state index contributed by atoms with van der Waals surface area (Å²) in [7, 11) is -3.49. The third-order valence-corrected chi connectivity index (χ3v) is 6.02. The van der Waals surface area contributed by atoms with E-state index >= 15 is 0 Å². The van der Waals surface area contributed by atoms with E-state index in [1.807, 2.05) is 0 Å².